The zero-order valence-electron chi connectivity index (χ0n) is 11.5. The van der Waals surface area contributed by atoms with E-state index in [0.717, 1.165) is 31.8 Å². The van der Waals surface area contributed by atoms with E-state index in [-0.39, 0.29) is 11.9 Å². The summed E-state index contributed by atoms with van der Waals surface area (Å²) in [5, 5.41) is 0. The molecule has 2 N–H and O–H groups in total. The molecular formula is C15H23FN2O. The second kappa shape index (κ2) is 6.98. The van der Waals surface area contributed by atoms with E-state index in [0.29, 0.717) is 5.92 Å². The highest BCUT2D eigenvalue weighted by Gasteiger charge is 2.21. The Hall–Kier alpha value is -0.970. The van der Waals surface area contributed by atoms with Gasteiger partial charge in [-0.2, -0.15) is 0 Å². The Balaban J connectivity index is 1.89. The van der Waals surface area contributed by atoms with Crippen LogP contribution in [0.25, 0.3) is 0 Å². The molecule has 1 saturated heterocycles. The van der Waals surface area contributed by atoms with Gasteiger partial charge in [-0.05, 0) is 43.0 Å². The fourth-order valence-corrected chi connectivity index (χ4v) is 2.81. The molecule has 1 aliphatic rings. The van der Waals surface area contributed by atoms with Gasteiger partial charge in [-0.15, -0.1) is 0 Å². The lowest BCUT2D eigenvalue weighted by molar-refractivity contribution is 0.0878. The number of methoxy groups -OCH3 is 1. The van der Waals surface area contributed by atoms with Crippen molar-refractivity contribution in [2.24, 2.45) is 11.7 Å². The number of hydrogen-bond acceptors (Lipinski definition) is 3. The van der Waals surface area contributed by atoms with Crippen molar-refractivity contribution < 1.29 is 9.13 Å². The van der Waals surface area contributed by atoms with Gasteiger partial charge in [-0.3, -0.25) is 0 Å². The average molecular weight is 266 g/mol. The van der Waals surface area contributed by atoms with E-state index in [2.05, 4.69) is 4.90 Å². The molecule has 0 amide bonds. The zero-order valence-corrected chi connectivity index (χ0v) is 11.5. The Morgan fingerprint density at radius 1 is 1.53 bits per heavy atom. The highest BCUT2D eigenvalue weighted by Crippen LogP contribution is 2.20. The third-order valence-corrected chi connectivity index (χ3v) is 3.74. The topological polar surface area (TPSA) is 38.5 Å². The zero-order chi connectivity index (χ0) is 13.7. The van der Waals surface area contributed by atoms with Crippen molar-refractivity contribution in [1.29, 1.82) is 0 Å². The molecule has 19 heavy (non-hydrogen) atoms. The summed E-state index contributed by atoms with van der Waals surface area (Å²) in [6.45, 7) is 3.69. The molecule has 1 aromatic rings. The Morgan fingerprint density at radius 3 is 3.11 bits per heavy atom. The van der Waals surface area contributed by atoms with Gasteiger partial charge in [0.15, 0.2) is 0 Å². The molecule has 1 aliphatic heterocycles. The fraction of sp³-hybridized carbons (Fsp3) is 0.600. The first-order chi connectivity index (χ1) is 9.19. The summed E-state index contributed by atoms with van der Waals surface area (Å²) in [5.41, 5.74) is 7.04. The third kappa shape index (κ3) is 4.27. The maximum Gasteiger partial charge on any atom is 0.123 e. The average Bonchev–Trinajstić information content (AvgIpc) is 2.39. The lowest BCUT2D eigenvalue weighted by atomic mass is 9.97. The quantitative estimate of drug-likeness (QED) is 0.888. The Bertz CT molecular complexity index is 397. The van der Waals surface area contributed by atoms with Crippen LogP contribution in [0.15, 0.2) is 24.3 Å². The summed E-state index contributed by atoms with van der Waals surface area (Å²) in [6, 6.07) is 6.46. The fourth-order valence-electron chi connectivity index (χ4n) is 2.81. The molecule has 0 spiro atoms. The van der Waals surface area contributed by atoms with Crippen LogP contribution in [-0.4, -0.2) is 38.3 Å². The van der Waals surface area contributed by atoms with Crippen molar-refractivity contribution in [1.82, 2.24) is 4.90 Å². The third-order valence-electron chi connectivity index (χ3n) is 3.74. The van der Waals surface area contributed by atoms with E-state index < -0.39 is 0 Å². The lowest BCUT2D eigenvalue weighted by Crippen LogP contribution is -2.40. The summed E-state index contributed by atoms with van der Waals surface area (Å²) in [4.78, 5) is 2.36. The summed E-state index contributed by atoms with van der Waals surface area (Å²) in [5.74, 6) is 0.377. The minimum absolute atomic E-state index is 0.128. The van der Waals surface area contributed by atoms with Crippen LogP contribution >= 0.6 is 0 Å². The van der Waals surface area contributed by atoms with Crippen molar-refractivity contribution in [2.75, 3.05) is 33.4 Å². The minimum Gasteiger partial charge on any atom is -0.384 e. The first-order valence-electron chi connectivity index (χ1n) is 6.91. The van der Waals surface area contributed by atoms with Gasteiger partial charge >= 0.3 is 0 Å². The number of benzene rings is 1. The Labute approximate surface area is 114 Å². The molecule has 1 heterocycles. The summed E-state index contributed by atoms with van der Waals surface area (Å²) in [7, 11) is 1.75. The van der Waals surface area contributed by atoms with Crippen LogP contribution in [0.2, 0.25) is 0 Å². The van der Waals surface area contributed by atoms with Gasteiger partial charge in [0, 0.05) is 26.2 Å². The number of nitrogens with two attached hydrogens (primary N) is 1. The van der Waals surface area contributed by atoms with Crippen LogP contribution in [0, 0.1) is 11.7 Å². The first-order valence-corrected chi connectivity index (χ1v) is 6.91. The molecule has 2 rings (SSSR count). The van der Waals surface area contributed by atoms with E-state index in [1.807, 2.05) is 6.07 Å². The van der Waals surface area contributed by atoms with Crippen LogP contribution in [-0.2, 0) is 4.74 Å². The van der Waals surface area contributed by atoms with Crippen molar-refractivity contribution in [2.45, 2.75) is 18.9 Å². The van der Waals surface area contributed by atoms with Gasteiger partial charge in [-0.1, -0.05) is 12.1 Å². The van der Waals surface area contributed by atoms with Crippen LogP contribution in [0.5, 0.6) is 0 Å². The van der Waals surface area contributed by atoms with Crippen LogP contribution in [0.3, 0.4) is 0 Å². The number of hydrogen-bond donors (Lipinski definition) is 1. The maximum absolute atomic E-state index is 13.2. The van der Waals surface area contributed by atoms with Crippen molar-refractivity contribution in [3.8, 4) is 0 Å². The number of likely N-dealkylation sites (tertiary alicyclic amines) is 1. The first kappa shape index (κ1) is 14.4. The predicted octanol–water partition coefficient (Wildman–Crippen LogP) is 2.18. The number of ether oxygens (including phenoxy) is 1. The Morgan fingerprint density at radius 2 is 2.37 bits per heavy atom. The van der Waals surface area contributed by atoms with Gasteiger partial charge in [0.1, 0.15) is 5.82 Å². The highest BCUT2D eigenvalue weighted by molar-refractivity contribution is 5.20. The number of rotatable bonds is 5. The maximum atomic E-state index is 13.2. The van der Waals surface area contributed by atoms with Crippen molar-refractivity contribution in [3.63, 3.8) is 0 Å². The molecule has 3 nitrogen and oxygen atoms in total. The van der Waals surface area contributed by atoms with Crippen LogP contribution in [0.1, 0.15) is 24.4 Å². The van der Waals surface area contributed by atoms with Gasteiger partial charge in [0.2, 0.25) is 0 Å². The molecule has 2 atom stereocenters. The molecule has 2 unspecified atom stereocenters. The second-order valence-electron chi connectivity index (χ2n) is 5.38. The highest BCUT2D eigenvalue weighted by atomic mass is 19.1. The smallest absolute Gasteiger partial charge is 0.123 e. The molecule has 4 heteroatoms. The van der Waals surface area contributed by atoms with Gasteiger partial charge in [-0.25, -0.2) is 4.39 Å². The lowest BCUT2D eigenvalue weighted by Gasteiger charge is -2.34. The number of piperidine rings is 1. The SMILES string of the molecule is COCC1CCCN(CC(N)c2cccc(F)c2)C1. The van der Waals surface area contributed by atoms with E-state index in [4.69, 9.17) is 10.5 Å². The van der Waals surface area contributed by atoms with Gasteiger partial charge in [0.05, 0.1) is 6.61 Å². The van der Waals surface area contributed by atoms with E-state index in [9.17, 15) is 4.39 Å². The van der Waals surface area contributed by atoms with E-state index >= 15 is 0 Å². The Kier molecular flexibility index (Phi) is 5.31. The summed E-state index contributed by atoms with van der Waals surface area (Å²) < 4.78 is 18.4. The predicted molar refractivity (Wildman–Crippen MR) is 74.4 cm³/mol. The molecule has 106 valence electrons. The standard InChI is InChI=1S/C15H23FN2O/c1-19-11-12-4-3-7-18(9-12)10-15(17)13-5-2-6-14(16)8-13/h2,5-6,8,12,15H,3-4,7,9-11,17H2,1H3. The molecule has 0 radical (unpaired) electrons. The normalized spacial score (nSPS) is 22.4. The molecule has 0 aliphatic carbocycles. The van der Waals surface area contributed by atoms with Crippen molar-refractivity contribution in [3.05, 3.63) is 35.6 Å². The molecule has 0 saturated carbocycles. The van der Waals surface area contributed by atoms with Crippen LogP contribution in [0.4, 0.5) is 4.39 Å². The minimum atomic E-state index is -0.219. The monoisotopic (exact) mass is 266 g/mol. The molecule has 0 aromatic heterocycles. The number of halogens is 1. The van der Waals surface area contributed by atoms with Gasteiger partial charge < -0.3 is 15.4 Å². The molecule has 1 fully saturated rings. The summed E-state index contributed by atoms with van der Waals surface area (Å²) >= 11 is 0. The van der Waals surface area contributed by atoms with E-state index in [1.54, 1.807) is 13.2 Å². The van der Waals surface area contributed by atoms with E-state index in [1.165, 1.54) is 25.0 Å². The molecule has 0 bridgehead atoms. The van der Waals surface area contributed by atoms with Crippen LogP contribution < -0.4 is 5.73 Å². The van der Waals surface area contributed by atoms with Crippen molar-refractivity contribution >= 4 is 0 Å². The summed E-state index contributed by atoms with van der Waals surface area (Å²) in [6.07, 6.45) is 2.41. The second-order valence-corrected chi connectivity index (χ2v) is 5.38. The molecular weight excluding hydrogens is 243 g/mol. The number of nitrogens with zero attached hydrogens (tertiary/aromatic N) is 1. The molecule has 1 aromatic carbocycles. The largest absolute Gasteiger partial charge is 0.384 e. The van der Waals surface area contributed by atoms with Gasteiger partial charge in [0.25, 0.3) is 0 Å².